The molecule has 2 N–H and O–H groups in total. The van der Waals surface area contributed by atoms with Crippen molar-refractivity contribution in [2.24, 2.45) is 5.73 Å². The smallest absolute Gasteiger partial charge is 0.134 e. The number of nitrogens with two attached hydrogens (primary N) is 1. The summed E-state index contributed by atoms with van der Waals surface area (Å²) in [4.78, 5) is 0. The number of hydrogen-bond acceptors (Lipinski definition) is 3. The molecule has 0 amide bonds. The Bertz CT molecular complexity index is 434. The third-order valence-electron chi connectivity index (χ3n) is 2.00. The first-order valence-electron chi connectivity index (χ1n) is 4.62. The molecule has 0 saturated heterocycles. The highest BCUT2D eigenvalue weighted by Crippen LogP contribution is 2.23. The van der Waals surface area contributed by atoms with Crippen LogP contribution in [-0.2, 0) is 0 Å². The molecule has 0 radical (unpaired) electrons. The van der Waals surface area contributed by atoms with Crippen LogP contribution in [0.5, 0.6) is 5.75 Å². The molecule has 0 aliphatic carbocycles. The number of ether oxygens (including phenoxy) is 1. The van der Waals surface area contributed by atoms with Gasteiger partial charge in [-0.15, -0.1) is 0 Å². The summed E-state index contributed by atoms with van der Waals surface area (Å²) in [5, 5.41) is 1.07. The normalized spacial score (nSPS) is 10.7. The molecule has 2 rings (SSSR count). The van der Waals surface area contributed by atoms with E-state index in [1.165, 1.54) is 0 Å². The van der Waals surface area contributed by atoms with Crippen LogP contribution in [0.15, 0.2) is 28.7 Å². The van der Waals surface area contributed by atoms with E-state index in [9.17, 15) is 0 Å². The quantitative estimate of drug-likeness (QED) is 0.808. The lowest BCUT2D eigenvalue weighted by atomic mass is 10.2. The molecule has 0 aliphatic rings. The fourth-order valence-electron chi connectivity index (χ4n) is 1.42. The number of aryl methyl sites for hydroxylation is 1. The lowest BCUT2D eigenvalue weighted by Crippen LogP contribution is -2.10. The number of fused-ring (bicyclic) bond motifs is 1. The molecule has 3 nitrogen and oxygen atoms in total. The summed E-state index contributed by atoms with van der Waals surface area (Å²) >= 11 is 0. The molecule has 0 atom stereocenters. The summed E-state index contributed by atoms with van der Waals surface area (Å²) in [6.45, 7) is 3.01. The van der Waals surface area contributed by atoms with Gasteiger partial charge >= 0.3 is 0 Å². The monoisotopic (exact) mass is 191 g/mol. The minimum Gasteiger partial charge on any atom is -0.492 e. The predicted molar refractivity (Wildman–Crippen MR) is 55.5 cm³/mol. The van der Waals surface area contributed by atoms with Crippen LogP contribution in [-0.4, -0.2) is 13.2 Å². The van der Waals surface area contributed by atoms with Crippen LogP contribution < -0.4 is 10.5 Å². The van der Waals surface area contributed by atoms with Crippen LogP contribution in [0, 0.1) is 6.92 Å². The first-order valence-corrected chi connectivity index (χ1v) is 4.62. The SMILES string of the molecule is Cc1cc2cc(OCCN)ccc2o1. The van der Waals surface area contributed by atoms with Crippen LogP contribution in [0.25, 0.3) is 11.0 Å². The molecule has 14 heavy (non-hydrogen) atoms. The van der Waals surface area contributed by atoms with Crippen molar-refractivity contribution in [3.63, 3.8) is 0 Å². The molecule has 0 spiro atoms. The molecule has 74 valence electrons. The van der Waals surface area contributed by atoms with Crippen molar-refractivity contribution in [2.45, 2.75) is 6.92 Å². The van der Waals surface area contributed by atoms with Gasteiger partial charge in [0.05, 0.1) is 0 Å². The van der Waals surface area contributed by atoms with Gasteiger partial charge in [0.2, 0.25) is 0 Å². The van der Waals surface area contributed by atoms with Gasteiger partial charge in [0.15, 0.2) is 0 Å². The Morgan fingerprint density at radius 3 is 3.00 bits per heavy atom. The van der Waals surface area contributed by atoms with Crippen LogP contribution in [0.4, 0.5) is 0 Å². The molecule has 0 bridgehead atoms. The van der Waals surface area contributed by atoms with Gasteiger partial charge in [-0.1, -0.05) is 0 Å². The fraction of sp³-hybridized carbons (Fsp3) is 0.273. The van der Waals surface area contributed by atoms with E-state index in [4.69, 9.17) is 14.9 Å². The second kappa shape index (κ2) is 3.72. The Labute approximate surface area is 82.5 Å². The topological polar surface area (TPSA) is 48.4 Å². The van der Waals surface area contributed by atoms with E-state index >= 15 is 0 Å². The van der Waals surface area contributed by atoms with Crippen molar-refractivity contribution >= 4 is 11.0 Å². The summed E-state index contributed by atoms with van der Waals surface area (Å²) < 4.78 is 10.9. The zero-order valence-electron chi connectivity index (χ0n) is 8.12. The van der Waals surface area contributed by atoms with Gasteiger partial charge < -0.3 is 14.9 Å². The lowest BCUT2D eigenvalue weighted by molar-refractivity contribution is 0.328. The minimum atomic E-state index is 0.530. The first-order chi connectivity index (χ1) is 6.79. The van der Waals surface area contributed by atoms with Gasteiger partial charge in [-0.05, 0) is 31.2 Å². The number of rotatable bonds is 3. The van der Waals surface area contributed by atoms with Gasteiger partial charge in [0.25, 0.3) is 0 Å². The lowest BCUT2D eigenvalue weighted by Gasteiger charge is -2.02. The van der Waals surface area contributed by atoms with Crippen molar-refractivity contribution in [3.05, 3.63) is 30.0 Å². The van der Waals surface area contributed by atoms with E-state index < -0.39 is 0 Å². The van der Waals surface area contributed by atoms with Crippen molar-refractivity contribution in [1.82, 2.24) is 0 Å². The second-order valence-corrected chi connectivity index (χ2v) is 3.19. The molecular formula is C11H13NO2. The second-order valence-electron chi connectivity index (χ2n) is 3.19. The zero-order chi connectivity index (χ0) is 9.97. The third kappa shape index (κ3) is 1.72. The number of benzene rings is 1. The molecule has 0 unspecified atom stereocenters. The largest absolute Gasteiger partial charge is 0.492 e. The average Bonchev–Trinajstić information content (AvgIpc) is 2.54. The predicted octanol–water partition coefficient (Wildman–Crippen LogP) is 2.08. The molecule has 0 saturated carbocycles. The van der Waals surface area contributed by atoms with E-state index in [1.807, 2.05) is 31.2 Å². The molecule has 1 heterocycles. The Morgan fingerprint density at radius 1 is 1.36 bits per heavy atom. The minimum absolute atomic E-state index is 0.530. The van der Waals surface area contributed by atoms with Gasteiger partial charge in [-0.3, -0.25) is 0 Å². The Balaban J connectivity index is 2.31. The van der Waals surface area contributed by atoms with Crippen LogP contribution in [0.3, 0.4) is 0 Å². The first kappa shape index (κ1) is 9.09. The van der Waals surface area contributed by atoms with Crippen molar-refractivity contribution in [1.29, 1.82) is 0 Å². The van der Waals surface area contributed by atoms with E-state index in [0.29, 0.717) is 13.2 Å². The van der Waals surface area contributed by atoms with Gasteiger partial charge in [-0.25, -0.2) is 0 Å². The fourth-order valence-corrected chi connectivity index (χ4v) is 1.42. The van der Waals surface area contributed by atoms with Crippen molar-refractivity contribution in [2.75, 3.05) is 13.2 Å². The van der Waals surface area contributed by atoms with E-state index in [2.05, 4.69) is 0 Å². The van der Waals surface area contributed by atoms with Crippen molar-refractivity contribution in [3.8, 4) is 5.75 Å². The summed E-state index contributed by atoms with van der Waals surface area (Å²) in [5.74, 6) is 1.75. The molecular weight excluding hydrogens is 178 g/mol. The van der Waals surface area contributed by atoms with Gasteiger partial charge in [0.1, 0.15) is 23.7 Å². The molecule has 3 heteroatoms. The molecule has 1 aromatic heterocycles. The Kier molecular flexibility index (Phi) is 2.41. The summed E-state index contributed by atoms with van der Waals surface area (Å²) in [6, 6.07) is 7.75. The highest BCUT2D eigenvalue weighted by Gasteiger charge is 2.01. The Hall–Kier alpha value is -1.48. The van der Waals surface area contributed by atoms with E-state index in [1.54, 1.807) is 0 Å². The molecule has 2 aromatic rings. The standard InChI is InChI=1S/C11H13NO2/c1-8-6-9-7-10(13-5-4-12)2-3-11(9)14-8/h2-3,6-7H,4-5,12H2,1H3. The van der Waals surface area contributed by atoms with E-state index in [0.717, 1.165) is 22.5 Å². The summed E-state index contributed by atoms with van der Waals surface area (Å²) in [7, 11) is 0. The third-order valence-corrected chi connectivity index (χ3v) is 2.00. The van der Waals surface area contributed by atoms with Crippen LogP contribution >= 0.6 is 0 Å². The average molecular weight is 191 g/mol. The highest BCUT2D eigenvalue weighted by atomic mass is 16.5. The molecule has 1 aromatic carbocycles. The zero-order valence-corrected chi connectivity index (χ0v) is 8.12. The van der Waals surface area contributed by atoms with Crippen LogP contribution in [0.1, 0.15) is 5.76 Å². The Morgan fingerprint density at radius 2 is 2.21 bits per heavy atom. The summed E-state index contributed by atoms with van der Waals surface area (Å²) in [5.41, 5.74) is 6.24. The molecule has 0 aliphatic heterocycles. The number of furan rings is 1. The maximum absolute atomic E-state index is 5.45. The number of hydrogen-bond donors (Lipinski definition) is 1. The van der Waals surface area contributed by atoms with Gasteiger partial charge in [-0.2, -0.15) is 0 Å². The highest BCUT2D eigenvalue weighted by molar-refractivity contribution is 5.79. The molecule has 0 fully saturated rings. The van der Waals surface area contributed by atoms with Crippen LogP contribution in [0.2, 0.25) is 0 Å². The van der Waals surface area contributed by atoms with Gasteiger partial charge in [0, 0.05) is 11.9 Å². The van der Waals surface area contributed by atoms with Crippen molar-refractivity contribution < 1.29 is 9.15 Å². The maximum atomic E-state index is 5.45. The van der Waals surface area contributed by atoms with E-state index in [-0.39, 0.29) is 0 Å². The summed E-state index contributed by atoms with van der Waals surface area (Å²) in [6.07, 6.45) is 0. The maximum Gasteiger partial charge on any atom is 0.134 e.